The van der Waals surface area contributed by atoms with E-state index in [-0.39, 0.29) is 12.4 Å². The van der Waals surface area contributed by atoms with Crippen molar-refractivity contribution in [2.75, 3.05) is 36.0 Å². The van der Waals surface area contributed by atoms with Gasteiger partial charge in [0.15, 0.2) is 0 Å². The van der Waals surface area contributed by atoms with Crippen LogP contribution in [0.15, 0.2) is 48.5 Å². The average Bonchev–Trinajstić information content (AvgIpc) is 2.79. The Morgan fingerprint density at radius 1 is 1.00 bits per heavy atom. The zero-order valence-corrected chi connectivity index (χ0v) is 18.5. The van der Waals surface area contributed by atoms with Crippen LogP contribution in [-0.2, 0) is 0 Å². The number of hydrogen-bond donors (Lipinski definition) is 1. The monoisotopic (exact) mass is 452 g/mol. The number of alkyl halides is 3. The van der Waals surface area contributed by atoms with E-state index in [4.69, 9.17) is 4.74 Å². The number of aliphatic hydroxyl groups is 1. The maximum absolute atomic E-state index is 12.3. The smallest absolute Gasteiger partial charge is 0.491 e. The third-order valence-corrected chi connectivity index (χ3v) is 5.76. The highest BCUT2D eigenvalue weighted by Gasteiger charge is 2.31. The van der Waals surface area contributed by atoms with E-state index in [1.807, 2.05) is 31.2 Å². The fourth-order valence-corrected chi connectivity index (χ4v) is 3.99. The van der Waals surface area contributed by atoms with Gasteiger partial charge >= 0.3 is 6.36 Å². The van der Waals surface area contributed by atoms with Crippen LogP contribution >= 0.6 is 0 Å². The summed E-state index contributed by atoms with van der Waals surface area (Å²) in [4.78, 5) is 4.57. The van der Waals surface area contributed by atoms with Crippen LogP contribution < -0.4 is 19.3 Å². The van der Waals surface area contributed by atoms with Gasteiger partial charge in [-0.25, -0.2) is 0 Å². The molecule has 0 radical (unpaired) electrons. The first kappa shape index (κ1) is 24.0. The van der Waals surface area contributed by atoms with E-state index in [2.05, 4.69) is 21.5 Å². The van der Waals surface area contributed by atoms with E-state index in [0.29, 0.717) is 12.5 Å². The molecule has 32 heavy (non-hydrogen) atoms. The van der Waals surface area contributed by atoms with Gasteiger partial charge in [-0.2, -0.15) is 0 Å². The van der Waals surface area contributed by atoms with E-state index < -0.39 is 12.5 Å². The molecule has 0 spiro atoms. The molecule has 1 aliphatic rings. The van der Waals surface area contributed by atoms with Crippen LogP contribution in [0, 0.1) is 0 Å². The Labute approximate surface area is 187 Å². The van der Waals surface area contributed by atoms with Gasteiger partial charge < -0.3 is 24.4 Å². The maximum atomic E-state index is 12.3. The molecule has 1 aliphatic heterocycles. The Morgan fingerprint density at radius 3 is 2.12 bits per heavy atom. The Morgan fingerprint density at radius 2 is 1.59 bits per heavy atom. The molecule has 8 heteroatoms. The minimum absolute atomic E-state index is 0.204. The van der Waals surface area contributed by atoms with Gasteiger partial charge in [0.05, 0.1) is 6.10 Å². The first-order valence-electron chi connectivity index (χ1n) is 11.1. The van der Waals surface area contributed by atoms with Gasteiger partial charge in [-0.05, 0) is 74.7 Å². The number of ether oxygens (including phenoxy) is 2. The van der Waals surface area contributed by atoms with Crippen molar-refractivity contribution in [3.05, 3.63) is 48.5 Å². The summed E-state index contributed by atoms with van der Waals surface area (Å²) in [5.74, 6) is 0.537. The molecule has 1 heterocycles. The van der Waals surface area contributed by atoms with Crippen LogP contribution in [0.4, 0.5) is 24.5 Å². The van der Waals surface area contributed by atoms with Crippen molar-refractivity contribution in [1.29, 1.82) is 0 Å². The fourth-order valence-electron chi connectivity index (χ4n) is 3.99. The number of piperidine rings is 1. The molecule has 0 bridgehead atoms. The van der Waals surface area contributed by atoms with Crippen molar-refractivity contribution in [2.45, 2.75) is 51.6 Å². The van der Waals surface area contributed by atoms with Crippen LogP contribution in [0.25, 0.3) is 0 Å². The first-order chi connectivity index (χ1) is 15.3. The number of benzene rings is 2. The third kappa shape index (κ3) is 6.69. The Bertz CT molecular complexity index is 820. The lowest BCUT2D eigenvalue weighted by atomic mass is 10.0. The molecule has 0 amide bonds. The summed E-state index contributed by atoms with van der Waals surface area (Å²) in [6.45, 7) is 6.87. The molecule has 2 aromatic rings. The Kier molecular flexibility index (Phi) is 8.12. The van der Waals surface area contributed by atoms with Gasteiger partial charge in [-0.1, -0.05) is 6.92 Å². The Balaban J connectivity index is 1.55. The van der Waals surface area contributed by atoms with Gasteiger partial charge in [0, 0.05) is 37.1 Å². The summed E-state index contributed by atoms with van der Waals surface area (Å²) in [5.41, 5.74) is 2.03. The summed E-state index contributed by atoms with van der Waals surface area (Å²) in [6, 6.07) is 14.4. The molecule has 0 aromatic heterocycles. The van der Waals surface area contributed by atoms with Crippen LogP contribution in [0.5, 0.6) is 11.5 Å². The normalized spacial score (nSPS) is 16.0. The van der Waals surface area contributed by atoms with Crippen molar-refractivity contribution < 1.29 is 27.8 Å². The Hall–Kier alpha value is -2.61. The van der Waals surface area contributed by atoms with Crippen LogP contribution in [-0.4, -0.2) is 49.9 Å². The van der Waals surface area contributed by atoms with E-state index >= 15 is 0 Å². The van der Waals surface area contributed by atoms with Crippen molar-refractivity contribution in [3.8, 4) is 11.5 Å². The van der Waals surface area contributed by atoms with Crippen molar-refractivity contribution >= 4 is 11.4 Å². The molecule has 1 saturated heterocycles. The number of halogens is 3. The molecule has 1 fully saturated rings. The van der Waals surface area contributed by atoms with E-state index in [1.54, 1.807) is 12.1 Å². The fraction of sp³-hybridized carbons (Fsp3) is 0.500. The predicted molar refractivity (Wildman–Crippen MR) is 120 cm³/mol. The number of aliphatic hydroxyl groups excluding tert-OH is 1. The minimum atomic E-state index is -4.68. The molecule has 176 valence electrons. The van der Waals surface area contributed by atoms with E-state index in [1.165, 1.54) is 12.1 Å². The lowest BCUT2D eigenvalue weighted by Crippen LogP contribution is -2.45. The molecule has 5 nitrogen and oxygen atoms in total. The third-order valence-electron chi connectivity index (χ3n) is 5.76. The summed E-state index contributed by atoms with van der Waals surface area (Å²) >= 11 is 0. The number of rotatable bonds is 9. The number of nitrogens with zero attached hydrogens (tertiary/aromatic N) is 2. The van der Waals surface area contributed by atoms with Crippen LogP contribution in [0.1, 0.15) is 33.1 Å². The van der Waals surface area contributed by atoms with Crippen LogP contribution in [0.2, 0.25) is 0 Å². The highest BCUT2D eigenvalue weighted by Crippen LogP contribution is 2.29. The number of hydrogen-bond acceptors (Lipinski definition) is 5. The second-order valence-electron chi connectivity index (χ2n) is 7.91. The van der Waals surface area contributed by atoms with Gasteiger partial charge in [-0.3, -0.25) is 0 Å². The summed E-state index contributed by atoms with van der Waals surface area (Å²) in [6.07, 6.45) is -2.57. The second kappa shape index (κ2) is 10.8. The molecular weight excluding hydrogens is 421 g/mol. The van der Waals surface area contributed by atoms with Crippen molar-refractivity contribution in [2.24, 2.45) is 0 Å². The van der Waals surface area contributed by atoms with E-state index in [9.17, 15) is 18.3 Å². The van der Waals surface area contributed by atoms with Gasteiger partial charge in [0.25, 0.3) is 0 Å². The minimum Gasteiger partial charge on any atom is -0.491 e. The topological polar surface area (TPSA) is 45.2 Å². The van der Waals surface area contributed by atoms with E-state index in [0.717, 1.165) is 49.6 Å². The SMILES string of the molecule is CCC(O)COc1ccc(N(CC)C2CCN(c3ccc(OC(F)(F)F)cc3)CC2)cc1. The van der Waals surface area contributed by atoms with Crippen molar-refractivity contribution in [1.82, 2.24) is 0 Å². The summed E-state index contributed by atoms with van der Waals surface area (Å²) in [5, 5.41) is 9.64. The molecule has 1 N–H and O–H groups in total. The predicted octanol–water partition coefficient (Wildman–Crippen LogP) is 5.23. The van der Waals surface area contributed by atoms with Gasteiger partial charge in [0.2, 0.25) is 0 Å². The molecule has 0 aliphatic carbocycles. The summed E-state index contributed by atoms with van der Waals surface area (Å²) in [7, 11) is 0. The highest BCUT2D eigenvalue weighted by molar-refractivity contribution is 5.52. The standard InChI is InChI=1S/C24H31F3N2O3/c1-3-21(30)17-31-22-9-7-19(8-10-22)29(4-2)20-13-15-28(16-14-20)18-5-11-23(12-6-18)32-24(25,26)27/h5-12,20-21,30H,3-4,13-17H2,1-2H3. The largest absolute Gasteiger partial charge is 0.573 e. The molecule has 0 saturated carbocycles. The average molecular weight is 453 g/mol. The highest BCUT2D eigenvalue weighted by atomic mass is 19.4. The van der Waals surface area contributed by atoms with Gasteiger partial charge in [0.1, 0.15) is 18.1 Å². The lowest BCUT2D eigenvalue weighted by Gasteiger charge is -2.40. The lowest BCUT2D eigenvalue weighted by molar-refractivity contribution is -0.274. The molecular formula is C24H31F3N2O3. The zero-order chi connectivity index (χ0) is 23.1. The van der Waals surface area contributed by atoms with Crippen molar-refractivity contribution in [3.63, 3.8) is 0 Å². The quantitative estimate of drug-likeness (QED) is 0.565. The molecule has 3 rings (SSSR count). The van der Waals surface area contributed by atoms with Crippen LogP contribution in [0.3, 0.4) is 0 Å². The summed E-state index contributed by atoms with van der Waals surface area (Å²) < 4.78 is 46.6. The molecule has 2 aromatic carbocycles. The first-order valence-corrected chi connectivity index (χ1v) is 11.1. The molecule has 1 atom stereocenters. The van der Waals surface area contributed by atoms with Gasteiger partial charge in [-0.15, -0.1) is 13.2 Å². The second-order valence-corrected chi connectivity index (χ2v) is 7.91. The zero-order valence-electron chi connectivity index (χ0n) is 18.5. The number of anilines is 2. The maximum Gasteiger partial charge on any atom is 0.573 e. The molecule has 1 unspecified atom stereocenters.